The lowest BCUT2D eigenvalue weighted by molar-refractivity contribution is 0.103. The molecular weight excluding hydrogens is 304 g/mol. The smallest absolute Gasteiger partial charge is 0.188 e. The van der Waals surface area contributed by atoms with Gasteiger partial charge in [-0.3, -0.25) is 4.79 Å². The number of hydrogen-bond acceptors (Lipinski definition) is 1. The summed E-state index contributed by atoms with van der Waals surface area (Å²) in [4.78, 5) is 12.6. The van der Waals surface area contributed by atoms with Gasteiger partial charge in [0.25, 0.3) is 0 Å². The van der Waals surface area contributed by atoms with Crippen molar-refractivity contribution in [1.82, 2.24) is 0 Å². The predicted molar refractivity (Wildman–Crippen MR) is 110 cm³/mol. The van der Waals surface area contributed by atoms with Crippen LogP contribution in [-0.4, -0.2) is 5.78 Å². The molecule has 0 aromatic heterocycles. The van der Waals surface area contributed by atoms with Gasteiger partial charge >= 0.3 is 0 Å². The predicted octanol–water partition coefficient (Wildman–Crippen LogP) is 6.48. The molecule has 0 bridgehead atoms. The number of carbonyl (C=O) groups is 1. The van der Waals surface area contributed by atoms with Crippen molar-refractivity contribution < 1.29 is 4.79 Å². The minimum Gasteiger partial charge on any atom is -0.289 e. The maximum Gasteiger partial charge on any atom is 0.188 e. The standard InChI is InChI=1S/C24H26O/c1-7-12-21(9-3)22(17-18(4)8-2)16-15-20(6)24(25)23-14-11-10-13-19(23)5/h7-17H,1-3H2,4-6H3/b18-17-,20-15-,21-12-,22-16-. The van der Waals surface area contributed by atoms with E-state index in [1.807, 2.05) is 69.3 Å². The van der Waals surface area contributed by atoms with E-state index in [1.165, 1.54) is 0 Å². The minimum atomic E-state index is 0.0333. The second-order valence-corrected chi connectivity index (χ2v) is 5.77. The van der Waals surface area contributed by atoms with Crippen molar-refractivity contribution in [1.29, 1.82) is 0 Å². The van der Waals surface area contributed by atoms with Crippen molar-refractivity contribution in [3.05, 3.63) is 120 Å². The molecule has 1 nitrogen and oxygen atoms in total. The fraction of sp³-hybridized carbons (Fsp3) is 0.125. The van der Waals surface area contributed by atoms with Crippen LogP contribution in [0.25, 0.3) is 0 Å². The lowest BCUT2D eigenvalue weighted by Crippen LogP contribution is -2.02. The SMILES string of the molecule is C=C\C=C(C=C)/C(/C=C(/C)C=C)=C\C=C(\C)C(=O)c1ccccc1C. The first-order valence-corrected chi connectivity index (χ1v) is 8.19. The first-order chi connectivity index (χ1) is 11.9. The van der Waals surface area contributed by atoms with E-state index >= 15 is 0 Å². The molecule has 0 N–H and O–H groups in total. The van der Waals surface area contributed by atoms with Crippen LogP contribution in [0.15, 0.2) is 109 Å². The highest BCUT2D eigenvalue weighted by Crippen LogP contribution is 2.18. The van der Waals surface area contributed by atoms with Gasteiger partial charge in [-0.05, 0) is 43.1 Å². The number of rotatable bonds is 8. The Morgan fingerprint density at radius 2 is 1.60 bits per heavy atom. The molecule has 1 heteroatoms. The molecule has 0 aliphatic rings. The Labute approximate surface area is 151 Å². The van der Waals surface area contributed by atoms with Crippen LogP contribution >= 0.6 is 0 Å². The number of carbonyl (C=O) groups excluding carboxylic acids is 1. The van der Waals surface area contributed by atoms with Crippen molar-refractivity contribution in [3.8, 4) is 0 Å². The molecule has 25 heavy (non-hydrogen) atoms. The van der Waals surface area contributed by atoms with Crippen molar-refractivity contribution in [2.45, 2.75) is 20.8 Å². The first kappa shape index (κ1) is 20.1. The summed E-state index contributed by atoms with van der Waals surface area (Å²) in [6, 6.07) is 7.62. The molecule has 0 fully saturated rings. The molecule has 1 rings (SSSR count). The normalized spacial score (nSPS) is 13.4. The third-order valence-corrected chi connectivity index (χ3v) is 3.82. The quantitative estimate of drug-likeness (QED) is 0.303. The summed E-state index contributed by atoms with van der Waals surface area (Å²) < 4.78 is 0. The summed E-state index contributed by atoms with van der Waals surface area (Å²) in [5, 5.41) is 0. The molecule has 0 amide bonds. The number of ketones is 1. The molecule has 1 aromatic carbocycles. The molecule has 0 saturated heterocycles. The van der Waals surface area contributed by atoms with Crippen LogP contribution < -0.4 is 0 Å². The molecule has 0 aliphatic carbocycles. The summed E-state index contributed by atoms with van der Waals surface area (Å²) in [5.41, 5.74) is 5.30. The molecular formula is C24H26O. The van der Waals surface area contributed by atoms with E-state index in [1.54, 1.807) is 18.2 Å². The fourth-order valence-corrected chi connectivity index (χ4v) is 2.27. The number of Topliss-reactive ketones (excluding diaryl/α,β-unsaturated/α-hetero) is 1. The molecule has 1 aromatic rings. The van der Waals surface area contributed by atoms with Crippen LogP contribution in [0.4, 0.5) is 0 Å². The van der Waals surface area contributed by atoms with Crippen molar-refractivity contribution in [2.75, 3.05) is 0 Å². The van der Waals surface area contributed by atoms with Gasteiger partial charge in [0.05, 0.1) is 0 Å². The van der Waals surface area contributed by atoms with Crippen LogP contribution in [-0.2, 0) is 0 Å². The second-order valence-electron chi connectivity index (χ2n) is 5.77. The van der Waals surface area contributed by atoms with E-state index in [2.05, 4.69) is 19.7 Å². The average molecular weight is 330 g/mol. The third-order valence-electron chi connectivity index (χ3n) is 3.82. The molecule has 0 radical (unpaired) electrons. The van der Waals surface area contributed by atoms with Gasteiger partial charge in [0, 0.05) is 5.56 Å². The first-order valence-electron chi connectivity index (χ1n) is 8.19. The molecule has 128 valence electrons. The monoisotopic (exact) mass is 330 g/mol. The molecule has 0 unspecified atom stereocenters. The number of benzene rings is 1. The Kier molecular flexibility index (Phi) is 8.08. The Morgan fingerprint density at radius 3 is 2.16 bits per heavy atom. The highest BCUT2D eigenvalue weighted by molar-refractivity contribution is 6.09. The molecule has 0 heterocycles. The zero-order valence-corrected chi connectivity index (χ0v) is 15.4. The van der Waals surface area contributed by atoms with Crippen LogP contribution in [0.1, 0.15) is 29.8 Å². The highest BCUT2D eigenvalue weighted by atomic mass is 16.1. The number of hydrogen-bond donors (Lipinski definition) is 0. The minimum absolute atomic E-state index is 0.0333. The molecule has 0 saturated carbocycles. The summed E-state index contributed by atoms with van der Waals surface area (Å²) in [5.74, 6) is 0.0333. The zero-order valence-electron chi connectivity index (χ0n) is 15.4. The molecule has 0 aliphatic heterocycles. The lowest BCUT2D eigenvalue weighted by atomic mass is 9.98. The Morgan fingerprint density at radius 1 is 0.920 bits per heavy atom. The summed E-state index contributed by atoms with van der Waals surface area (Å²) in [6.07, 6.45) is 12.9. The number of aryl methyl sites for hydroxylation is 1. The lowest BCUT2D eigenvalue weighted by Gasteiger charge is -2.06. The van der Waals surface area contributed by atoms with Crippen LogP contribution in [0.2, 0.25) is 0 Å². The van der Waals surface area contributed by atoms with Crippen molar-refractivity contribution >= 4 is 5.78 Å². The summed E-state index contributed by atoms with van der Waals surface area (Å²) in [7, 11) is 0. The Balaban J connectivity index is 3.31. The molecule has 0 atom stereocenters. The van der Waals surface area contributed by atoms with E-state index in [9.17, 15) is 4.79 Å². The third kappa shape index (κ3) is 5.89. The Hall–Kier alpha value is -2.93. The van der Waals surface area contributed by atoms with Gasteiger partial charge in [-0.15, -0.1) is 0 Å². The maximum atomic E-state index is 12.6. The van der Waals surface area contributed by atoms with Crippen molar-refractivity contribution in [2.24, 2.45) is 0 Å². The largest absolute Gasteiger partial charge is 0.289 e. The zero-order chi connectivity index (χ0) is 18.8. The van der Waals surface area contributed by atoms with E-state index in [4.69, 9.17) is 0 Å². The van der Waals surface area contributed by atoms with E-state index < -0.39 is 0 Å². The molecule has 0 spiro atoms. The summed E-state index contributed by atoms with van der Waals surface area (Å²) in [6.45, 7) is 17.1. The van der Waals surface area contributed by atoms with Crippen molar-refractivity contribution in [3.63, 3.8) is 0 Å². The van der Waals surface area contributed by atoms with Crippen LogP contribution in [0, 0.1) is 6.92 Å². The van der Waals surface area contributed by atoms with Gasteiger partial charge in [0.15, 0.2) is 5.78 Å². The van der Waals surface area contributed by atoms with E-state index in [0.717, 1.165) is 27.8 Å². The van der Waals surface area contributed by atoms with E-state index in [-0.39, 0.29) is 5.78 Å². The van der Waals surface area contributed by atoms with Gasteiger partial charge in [-0.1, -0.05) is 92.1 Å². The van der Waals surface area contributed by atoms with Gasteiger partial charge < -0.3 is 0 Å². The fourth-order valence-electron chi connectivity index (χ4n) is 2.27. The van der Waals surface area contributed by atoms with E-state index in [0.29, 0.717) is 5.57 Å². The number of allylic oxidation sites excluding steroid dienone is 11. The van der Waals surface area contributed by atoms with Gasteiger partial charge in [0.1, 0.15) is 0 Å². The summed E-state index contributed by atoms with van der Waals surface area (Å²) >= 11 is 0. The van der Waals surface area contributed by atoms with Crippen LogP contribution in [0.5, 0.6) is 0 Å². The van der Waals surface area contributed by atoms with Gasteiger partial charge in [0.2, 0.25) is 0 Å². The average Bonchev–Trinajstić information content (AvgIpc) is 2.62. The second kappa shape index (κ2) is 10.0. The maximum absolute atomic E-state index is 12.6. The highest BCUT2D eigenvalue weighted by Gasteiger charge is 2.09. The van der Waals surface area contributed by atoms with Gasteiger partial charge in [-0.25, -0.2) is 0 Å². The topological polar surface area (TPSA) is 17.1 Å². The Bertz CT molecular complexity index is 795. The van der Waals surface area contributed by atoms with Gasteiger partial charge in [-0.2, -0.15) is 0 Å². The van der Waals surface area contributed by atoms with Crippen LogP contribution in [0.3, 0.4) is 0 Å².